The second-order valence-corrected chi connectivity index (χ2v) is 20.5. The molecule has 1 aliphatic heterocycles. The maximum atomic E-state index is 14.3. The molecule has 26 heteroatoms. The van der Waals surface area contributed by atoms with E-state index in [4.69, 9.17) is 21.4 Å². The zero-order chi connectivity index (χ0) is 59.1. The minimum Gasteiger partial charge on any atom is -0.475 e. The Morgan fingerprint density at radius 3 is 1.69 bits per heavy atom. The maximum Gasteiger partial charge on any atom is 0.490 e. The molecule has 1 aliphatic rings. The quantitative estimate of drug-likeness (QED) is 0.0219. The molecule has 440 valence electrons. The number of likely N-dealkylation sites (tertiary alicyclic amines) is 1. The summed E-state index contributed by atoms with van der Waals surface area (Å²) in [6.07, 6.45) is -0.154. The maximum absolute atomic E-state index is 14.3. The number of carboxylic acids is 1. The number of carbonyl (C=O) groups is 10. The Morgan fingerprint density at radius 1 is 0.667 bits per heavy atom. The van der Waals surface area contributed by atoms with E-state index >= 15 is 0 Å². The molecule has 0 aromatic heterocycles. The standard InChI is InChI=1S/C50H84N12O9.C2HF3O2/c1-31(2)27-39(59-50(71)42-20-16-26-62(42)35(8)63)45(66)54-30-44(65)55-38(23-22-36-17-11-9-12-18-36)47(68)56-37(19-15-25-53-34(7)52)46(67)57-40(28-32(3)4)48(69)58-41(29-33(5)6)49(70)61-60-43(64)21-13-10-14-24-51;3-2(4,5)1(6)7/h9,11-12,17-18,31-33,37-42H,10,13-16,19-30,51H2,1-8H3,(H2,52,53)(H,54,66)(H,55,65)(H,56,68)(H,57,67)(H,58,69)(H,59,71)(H,60,64)(H,61,70);(H,6,7)/t37-,38-,39-,40-,41+,42-;/m0./s1. The van der Waals surface area contributed by atoms with Gasteiger partial charge in [-0.2, -0.15) is 13.2 Å². The van der Waals surface area contributed by atoms with Gasteiger partial charge in [0, 0.05) is 26.4 Å². The fourth-order valence-corrected chi connectivity index (χ4v) is 8.08. The summed E-state index contributed by atoms with van der Waals surface area (Å²) in [5, 5.41) is 23.6. The Labute approximate surface area is 455 Å². The van der Waals surface area contributed by atoms with Gasteiger partial charge < -0.3 is 53.4 Å². The van der Waals surface area contributed by atoms with Crippen LogP contribution in [0.1, 0.15) is 138 Å². The van der Waals surface area contributed by atoms with Crippen molar-refractivity contribution in [2.45, 2.75) is 181 Å². The van der Waals surface area contributed by atoms with Crippen LogP contribution in [-0.2, 0) is 54.4 Å². The number of hydrogen-bond acceptors (Lipinski definition) is 12. The molecule has 2 rings (SSSR count). The van der Waals surface area contributed by atoms with Gasteiger partial charge in [0.15, 0.2) is 0 Å². The molecule has 9 amide bonds. The fraction of sp³-hybridized carbons (Fsp3) is 0.673. The second kappa shape index (κ2) is 36.3. The largest absolute Gasteiger partial charge is 0.490 e. The van der Waals surface area contributed by atoms with Crippen LogP contribution in [0.5, 0.6) is 0 Å². The Hall–Kier alpha value is -6.86. The number of aryl methyl sites for hydroxylation is 1. The molecule has 23 nitrogen and oxygen atoms in total. The van der Waals surface area contributed by atoms with E-state index < -0.39 is 96.3 Å². The number of halogens is 3. The first-order valence-corrected chi connectivity index (χ1v) is 26.5. The smallest absolute Gasteiger partial charge is 0.475 e. The Kier molecular flexibility index (Phi) is 32.2. The molecule has 0 aliphatic carbocycles. The molecule has 0 saturated carbocycles. The summed E-state index contributed by atoms with van der Waals surface area (Å²) in [5.41, 5.74) is 17.0. The molecule has 1 aromatic rings. The van der Waals surface area contributed by atoms with Crippen LogP contribution in [-0.4, -0.2) is 144 Å². The lowest BCUT2D eigenvalue weighted by molar-refractivity contribution is -0.192. The zero-order valence-corrected chi connectivity index (χ0v) is 46.3. The molecular weight excluding hydrogens is 1030 g/mol. The van der Waals surface area contributed by atoms with Gasteiger partial charge in [0.1, 0.15) is 36.3 Å². The van der Waals surface area contributed by atoms with Crippen LogP contribution in [0.15, 0.2) is 35.3 Å². The number of hydrogen-bond donors (Lipinski definition) is 11. The molecule has 6 atom stereocenters. The number of aliphatic carboxylic acids is 1. The van der Waals surface area contributed by atoms with Crippen molar-refractivity contribution in [3.05, 3.63) is 35.9 Å². The SMILES string of the molecule is CC(=O)N1CCC[C@H]1C(=O)N[C@@H](CC(C)C)C(=O)NCC(=O)N[C@@H](CCc1ccccc1)C(=O)N[C@@H](CCCN=C(C)N)C(=O)N[C@@H](CC(C)C)C(=O)N[C@H](CC(C)C)C(=O)NNC(=O)CCCCCN.O=C(O)C(F)(F)F. The molecule has 0 unspecified atom stereocenters. The van der Waals surface area contributed by atoms with Crippen LogP contribution in [0.4, 0.5) is 13.2 Å². The first-order chi connectivity index (χ1) is 36.5. The summed E-state index contributed by atoms with van der Waals surface area (Å²) in [7, 11) is 0. The van der Waals surface area contributed by atoms with E-state index in [1.165, 1.54) is 11.8 Å². The zero-order valence-electron chi connectivity index (χ0n) is 46.3. The Balaban J connectivity index is 0.00000404. The van der Waals surface area contributed by atoms with Crippen molar-refractivity contribution in [1.29, 1.82) is 0 Å². The fourth-order valence-electron chi connectivity index (χ4n) is 8.08. The van der Waals surface area contributed by atoms with Crippen molar-refractivity contribution in [3.8, 4) is 0 Å². The molecule has 13 N–H and O–H groups in total. The number of nitrogens with two attached hydrogens (primary N) is 2. The van der Waals surface area contributed by atoms with Crippen molar-refractivity contribution >= 4 is 65.0 Å². The minimum absolute atomic E-state index is 0.0135. The first kappa shape index (κ1) is 69.2. The highest BCUT2D eigenvalue weighted by molar-refractivity contribution is 5.97. The highest BCUT2D eigenvalue weighted by Gasteiger charge is 2.39. The molecule has 0 radical (unpaired) electrons. The third-order valence-electron chi connectivity index (χ3n) is 11.9. The molecule has 0 bridgehead atoms. The van der Waals surface area contributed by atoms with E-state index in [0.717, 1.165) is 18.4 Å². The van der Waals surface area contributed by atoms with Gasteiger partial charge in [-0.15, -0.1) is 0 Å². The van der Waals surface area contributed by atoms with Crippen LogP contribution in [0.25, 0.3) is 0 Å². The summed E-state index contributed by atoms with van der Waals surface area (Å²) in [6.45, 7) is 14.9. The van der Waals surface area contributed by atoms with E-state index in [1.54, 1.807) is 6.92 Å². The molecule has 0 spiro atoms. The average molecular weight is 1110 g/mol. The monoisotopic (exact) mass is 1110 g/mol. The van der Waals surface area contributed by atoms with Crippen LogP contribution < -0.4 is 54.2 Å². The van der Waals surface area contributed by atoms with Crippen molar-refractivity contribution in [2.75, 3.05) is 26.2 Å². The first-order valence-electron chi connectivity index (χ1n) is 26.5. The number of nitrogens with zero attached hydrogens (tertiary/aromatic N) is 2. The van der Waals surface area contributed by atoms with E-state index in [1.807, 2.05) is 71.9 Å². The van der Waals surface area contributed by atoms with Gasteiger partial charge in [-0.1, -0.05) is 78.3 Å². The molecule has 1 heterocycles. The van der Waals surface area contributed by atoms with Gasteiger partial charge >= 0.3 is 12.1 Å². The topological polar surface area (TPSA) is 355 Å². The number of hydrazine groups is 1. The highest BCUT2D eigenvalue weighted by atomic mass is 19.4. The van der Waals surface area contributed by atoms with Crippen LogP contribution in [0, 0.1) is 17.8 Å². The lowest BCUT2D eigenvalue weighted by atomic mass is 9.99. The second-order valence-electron chi connectivity index (χ2n) is 20.5. The number of benzene rings is 1. The van der Waals surface area contributed by atoms with Gasteiger partial charge in [-0.3, -0.25) is 59.0 Å². The lowest BCUT2D eigenvalue weighted by Crippen LogP contribution is -2.59. The number of carbonyl (C=O) groups excluding carboxylic acids is 9. The number of unbranched alkanes of at least 4 members (excludes halogenated alkanes) is 2. The lowest BCUT2D eigenvalue weighted by Gasteiger charge is -2.28. The number of amides is 9. The van der Waals surface area contributed by atoms with Gasteiger partial charge in [-0.25, -0.2) is 4.79 Å². The number of amidine groups is 1. The molecule has 1 aromatic carbocycles. The average Bonchev–Trinajstić information content (AvgIpc) is 3.86. The molecule has 78 heavy (non-hydrogen) atoms. The summed E-state index contributed by atoms with van der Waals surface area (Å²) < 4.78 is 31.7. The Morgan fingerprint density at radius 2 is 1.18 bits per heavy atom. The highest BCUT2D eigenvalue weighted by Crippen LogP contribution is 2.19. The summed E-state index contributed by atoms with van der Waals surface area (Å²) in [6, 6.07) is 2.96. The normalized spacial score (nSPS) is 15.3. The minimum atomic E-state index is -5.08. The van der Waals surface area contributed by atoms with Crippen molar-refractivity contribution in [3.63, 3.8) is 0 Å². The van der Waals surface area contributed by atoms with Gasteiger partial charge in [0.2, 0.25) is 47.3 Å². The third-order valence-corrected chi connectivity index (χ3v) is 11.9. The third kappa shape index (κ3) is 29.0. The van der Waals surface area contributed by atoms with E-state index in [2.05, 4.69) is 47.7 Å². The number of alkyl halides is 3. The molecular formula is C52H85F3N12O11. The van der Waals surface area contributed by atoms with Crippen LogP contribution >= 0.6 is 0 Å². The van der Waals surface area contributed by atoms with Crippen molar-refractivity contribution < 1.29 is 66.2 Å². The number of aliphatic imine (C=N–C) groups is 1. The van der Waals surface area contributed by atoms with Crippen LogP contribution in [0.2, 0.25) is 0 Å². The Bertz CT molecular complexity index is 2140. The van der Waals surface area contributed by atoms with E-state index in [0.29, 0.717) is 51.0 Å². The summed E-state index contributed by atoms with van der Waals surface area (Å²) >= 11 is 0. The molecule has 1 saturated heterocycles. The predicted molar refractivity (Wildman–Crippen MR) is 285 cm³/mol. The van der Waals surface area contributed by atoms with Crippen molar-refractivity contribution in [1.82, 2.24) is 47.7 Å². The number of carboxylic acid groups (broad SMARTS) is 1. The summed E-state index contributed by atoms with van der Waals surface area (Å²) in [4.78, 5) is 135. The van der Waals surface area contributed by atoms with Gasteiger partial charge in [0.05, 0.1) is 12.4 Å². The summed E-state index contributed by atoms with van der Waals surface area (Å²) in [5.74, 6) is -7.65. The van der Waals surface area contributed by atoms with Crippen LogP contribution in [0.3, 0.4) is 0 Å². The number of rotatable bonds is 31. The molecule has 1 fully saturated rings. The number of nitrogens with one attached hydrogen (secondary N) is 8. The van der Waals surface area contributed by atoms with Crippen molar-refractivity contribution in [2.24, 2.45) is 34.2 Å². The van der Waals surface area contributed by atoms with Gasteiger partial charge in [0.25, 0.3) is 5.91 Å². The van der Waals surface area contributed by atoms with Gasteiger partial charge in [-0.05, 0) is 107 Å². The predicted octanol–water partition coefficient (Wildman–Crippen LogP) is 1.77. The van der Waals surface area contributed by atoms with E-state index in [9.17, 15) is 56.3 Å². The van der Waals surface area contributed by atoms with E-state index in [-0.39, 0.29) is 74.6 Å².